The second kappa shape index (κ2) is 10.0. The molecule has 1 fully saturated rings. The minimum absolute atomic E-state index is 0.394. The van der Waals surface area contributed by atoms with Gasteiger partial charge in [0.05, 0.1) is 5.71 Å². The normalized spacial score (nSPS) is 15.6. The van der Waals surface area contributed by atoms with Gasteiger partial charge in [-0.05, 0) is 48.1 Å². The van der Waals surface area contributed by atoms with Crippen LogP contribution in [0.1, 0.15) is 36.5 Å². The van der Waals surface area contributed by atoms with E-state index in [4.69, 9.17) is 4.99 Å². The van der Waals surface area contributed by atoms with Crippen molar-refractivity contribution in [1.29, 1.82) is 0 Å². The molecule has 0 radical (unpaired) electrons. The number of hydrogen-bond donors (Lipinski definition) is 1. The Hall–Kier alpha value is -3.74. The Balaban J connectivity index is 1.63. The van der Waals surface area contributed by atoms with Crippen molar-refractivity contribution in [2.75, 3.05) is 20.6 Å². The Kier molecular flexibility index (Phi) is 6.91. The van der Waals surface area contributed by atoms with Crippen molar-refractivity contribution in [1.82, 2.24) is 14.8 Å². The number of imide groups is 2. The van der Waals surface area contributed by atoms with Crippen LogP contribution in [0.2, 0.25) is 0 Å². The van der Waals surface area contributed by atoms with Crippen LogP contribution < -0.4 is 0 Å². The third-order valence-electron chi connectivity index (χ3n) is 6.39. The van der Waals surface area contributed by atoms with Crippen LogP contribution in [-0.4, -0.2) is 59.0 Å². The van der Waals surface area contributed by atoms with E-state index in [2.05, 4.69) is 30.1 Å². The molecule has 7 nitrogen and oxygen atoms in total. The number of aromatic amines is 1. The van der Waals surface area contributed by atoms with Gasteiger partial charge in [-0.2, -0.15) is 0 Å². The summed E-state index contributed by atoms with van der Waals surface area (Å²) in [5.74, 6) is -2.24. The van der Waals surface area contributed by atoms with Gasteiger partial charge in [0.2, 0.25) is 11.8 Å². The number of amides is 4. The van der Waals surface area contributed by atoms with E-state index >= 15 is 0 Å². The fraction of sp³-hybridized carbons (Fsp3) is 0.333. The number of carbonyl (C=O) groups is 3. The number of unbranched alkanes of at least 4 members (excludes halogenated alkanes) is 1. The minimum Gasteiger partial charge on any atom is -0.361 e. The molecule has 1 saturated heterocycles. The van der Waals surface area contributed by atoms with Gasteiger partial charge in [-0.1, -0.05) is 49.7 Å². The number of aryl methyl sites for hydroxylation is 1. The van der Waals surface area contributed by atoms with Gasteiger partial charge in [0.25, 0.3) is 0 Å². The first kappa shape index (κ1) is 23.4. The SMILES string of the molecule is CCCCc1ccc2[nH]cc(CCN=C(c3ccccc3)C3C(=O)N(C)C(=O)N(C)C3=O)c2c1. The number of hydrogen-bond acceptors (Lipinski definition) is 4. The second-order valence-corrected chi connectivity index (χ2v) is 8.69. The molecule has 0 aliphatic carbocycles. The molecule has 1 aromatic heterocycles. The number of urea groups is 1. The molecule has 0 bridgehead atoms. The van der Waals surface area contributed by atoms with Crippen molar-refractivity contribution in [2.24, 2.45) is 10.9 Å². The topological polar surface area (TPSA) is 85.8 Å². The van der Waals surface area contributed by atoms with E-state index in [1.54, 1.807) is 0 Å². The van der Waals surface area contributed by atoms with E-state index in [9.17, 15) is 14.4 Å². The number of H-pyrrole nitrogens is 1. The molecule has 2 heterocycles. The summed E-state index contributed by atoms with van der Waals surface area (Å²) in [6.45, 7) is 2.60. The fourth-order valence-electron chi connectivity index (χ4n) is 4.36. The summed E-state index contributed by atoms with van der Waals surface area (Å²) in [7, 11) is 2.79. The molecule has 3 aromatic rings. The Labute approximate surface area is 199 Å². The highest BCUT2D eigenvalue weighted by Gasteiger charge is 2.45. The molecular formula is C27H30N4O3. The first-order chi connectivity index (χ1) is 16.4. The lowest BCUT2D eigenvalue weighted by Crippen LogP contribution is -2.59. The number of aliphatic imine (C=N–C) groups is 1. The van der Waals surface area contributed by atoms with Gasteiger partial charge < -0.3 is 4.98 Å². The quantitative estimate of drug-likeness (QED) is 0.405. The molecule has 1 N–H and O–H groups in total. The molecule has 0 saturated carbocycles. The van der Waals surface area contributed by atoms with E-state index in [1.807, 2.05) is 36.5 Å². The maximum absolute atomic E-state index is 13.0. The number of barbiturate groups is 1. The van der Waals surface area contributed by atoms with Gasteiger partial charge in [0, 0.05) is 37.7 Å². The highest BCUT2D eigenvalue weighted by Crippen LogP contribution is 2.23. The van der Waals surface area contributed by atoms with Crippen LogP contribution in [0.15, 0.2) is 59.7 Å². The zero-order chi connectivity index (χ0) is 24.2. The van der Waals surface area contributed by atoms with Crippen LogP contribution in [-0.2, 0) is 22.4 Å². The summed E-state index contributed by atoms with van der Waals surface area (Å²) in [5.41, 5.74) is 4.64. The molecule has 4 rings (SSSR count). The van der Waals surface area contributed by atoms with Gasteiger partial charge >= 0.3 is 6.03 Å². The van der Waals surface area contributed by atoms with Gasteiger partial charge in [-0.15, -0.1) is 0 Å². The van der Waals surface area contributed by atoms with Crippen LogP contribution in [0.3, 0.4) is 0 Å². The molecule has 7 heteroatoms. The molecule has 2 aromatic carbocycles. The maximum Gasteiger partial charge on any atom is 0.332 e. The van der Waals surface area contributed by atoms with Crippen molar-refractivity contribution in [2.45, 2.75) is 32.6 Å². The number of rotatable bonds is 8. The van der Waals surface area contributed by atoms with Crippen molar-refractivity contribution in [3.8, 4) is 0 Å². The molecule has 176 valence electrons. The number of nitrogens with one attached hydrogen (secondary N) is 1. The molecule has 34 heavy (non-hydrogen) atoms. The van der Waals surface area contributed by atoms with Crippen molar-refractivity contribution < 1.29 is 14.4 Å². The lowest BCUT2D eigenvalue weighted by Gasteiger charge is -2.33. The predicted molar refractivity (Wildman–Crippen MR) is 133 cm³/mol. The molecule has 4 amide bonds. The lowest BCUT2D eigenvalue weighted by molar-refractivity contribution is -0.144. The Morgan fingerprint density at radius 1 is 0.971 bits per heavy atom. The number of nitrogens with zero attached hydrogens (tertiary/aromatic N) is 3. The first-order valence-electron chi connectivity index (χ1n) is 11.7. The standard InChI is InChI=1S/C27H30N4O3/c1-4-5-9-18-12-13-22-21(16-18)20(17-29-22)14-15-28-24(19-10-7-6-8-11-19)23-25(32)30(2)27(34)31(3)26(23)33/h6-8,10-13,16-17,23,29H,4-5,9,14-15H2,1-3H3. The summed E-state index contributed by atoms with van der Waals surface area (Å²) < 4.78 is 0. The average Bonchev–Trinajstić information content (AvgIpc) is 3.26. The van der Waals surface area contributed by atoms with Gasteiger partial charge in [-0.3, -0.25) is 24.4 Å². The molecule has 1 aliphatic heterocycles. The van der Waals surface area contributed by atoms with Crippen LogP contribution in [0, 0.1) is 5.92 Å². The number of carbonyl (C=O) groups excluding carboxylic acids is 3. The largest absolute Gasteiger partial charge is 0.361 e. The van der Waals surface area contributed by atoms with Gasteiger partial charge in [-0.25, -0.2) is 4.79 Å². The minimum atomic E-state index is -1.14. The molecule has 0 unspecified atom stereocenters. The zero-order valence-electron chi connectivity index (χ0n) is 19.9. The van der Waals surface area contributed by atoms with Crippen molar-refractivity contribution in [3.05, 3.63) is 71.4 Å². The lowest BCUT2D eigenvalue weighted by atomic mass is 9.92. The highest BCUT2D eigenvalue weighted by molar-refractivity contribution is 6.30. The van der Waals surface area contributed by atoms with Gasteiger partial charge in [0.15, 0.2) is 5.92 Å². The van der Waals surface area contributed by atoms with E-state index < -0.39 is 23.8 Å². The summed E-state index contributed by atoms with van der Waals surface area (Å²) in [6, 6.07) is 15.1. The Morgan fingerprint density at radius 2 is 1.68 bits per heavy atom. The molecular weight excluding hydrogens is 428 g/mol. The van der Waals surface area contributed by atoms with E-state index in [-0.39, 0.29) is 0 Å². The summed E-state index contributed by atoms with van der Waals surface area (Å²) in [6.07, 6.45) is 6.03. The van der Waals surface area contributed by atoms with Crippen molar-refractivity contribution in [3.63, 3.8) is 0 Å². The number of benzene rings is 2. The van der Waals surface area contributed by atoms with E-state index in [0.29, 0.717) is 24.2 Å². The van der Waals surface area contributed by atoms with E-state index in [0.717, 1.165) is 40.1 Å². The monoisotopic (exact) mass is 458 g/mol. The molecule has 0 atom stereocenters. The number of fused-ring (bicyclic) bond motifs is 1. The second-order valence-electron chi connectivity index (χ2n) is 8.69. The third-order valence-corrected chi connectivity index (χ3v) is 6.39. The predicted octanol–water partition coefficient (Wildman–Crippen LogP) is 4.21. The summed E-state index contributed by atoms with van der Waals surface area (Å²) in [5, 5.41) is 1.18. The summed E-state index contributed by atoms with van der Waals surface area (Å²) >= 11 is 0. The average molecular weight is 459 g/mol. The fourth-order valence-corrected chi connectivity index (χ4v) is 4.36. The zero-order valence-corrected chi connectivity index (χ0v) is 19.9. The van der Waals surface area contributed by atoms with Crippen LogP contribution in [0.4, 0.5) is 4.79 Å². The van der Waals surface area contributed by atoms with Crippen molar-refractivity contribution >= 4 is 34.5 Å². The van der Waals surface area contributed by atoms with E-state index in [1.165, 1.54) is 25.0 Å². The smallest absolute Gasteiger partial charge is 0.332 e. The maximum atomic E-state index is 13.0. The van der Waals surface area contributed by atoms with Crippen LogP contribution >= 0.6 is 0 Å². The highest BCUT2D eigenvalue weighted by atomic mass is 16.2. The summed E-state index contributed by atoms with van der Waals surface area (Å²) in [4.78, 5) is 48.2. The van der Waals surface area contributed by atoms with Gasteiger partial charge in [0.1, 0.15) is 0 Å². The van der Waals surface area contributed by atoms with Crippen LogP contribution in [0.5, 0.6) is 0 Å². The molecule has 0 spiro atoms. The third kappa shape index (κ3) is 4.51. The van der Waals surface area contributed by atoms with Crippen LogP contribution in [0.25, 0.3) is 10.9 Å². The molecule has 1 aliphatic rings. The number of aromatic nitrogens is 1. The Bertz CT molecular complexity index is 1220. The Morgan fingerprint density at radius 3 is 2.35 bits per heavy atom. The first-order valence-corrected chi connectivity index (χ1v) is 11.7.